The summed E-state index contributed by atoms with van der Waals surface area (Å²) in [6.07, 6.45) is 0.837. The Morgan fingerprint density at radius 2 is 1.69 bits per heavy atom. The lowest BCUT2D eigenvalue weighted by Gasteiger charge is -2.22. The average molecular weight is 361 g/mol. The number of fused-ring (bicyclic) bond motifs is 3. The van der Waals surface area contributed by atoms with Crippen molar-refractivity contribution in [1.82, 2.24) is 0 Å². The number of halogens is 1. The van der Waals surface area contributed by atoms with Gasteiger partial charge in [0, 0.05) is 16.5 Å². The number of benzene rings is 3. The van der Waals surface area contributed by atoms with Crippen LogP contribution < -0.4 is 4.74 Å². The van der Waals surface area contributed by atoms with E-state index < -0.39 is 0 Å². The highest BCUT2D eigenvalue weighted by Crippen LogP contribution is 2.48. The highest BCUT2D eigenvalue weighted by atomic mass is 35.5. The van der Waals surface area contributed by atoms with Gasteiger partial charge >= 0.3 is 0 Å². The van der Waals surface area contributed by atoms with Gasteiger partial charge in [-0.1, -0.05) is 66.7 Å². The molecule has 130 valence electrons. The quantitative estimate of drug-likeness (QED) is 0.484. The Morgan fingerprint density at radius 1 is 0.923 bits per heavy atom. The lowest BCUT2D eigenvalue weighted by atomic mass is 9.84. The average Bonchev–Trinajstić information content (AvgIpc) is 2.77. The molecule has 0 aromatic heterocycles. The lowest BCUT2D eigenvalue weighted by Crippen LogP contribution is -2.05. The molecule has 26 heavy (non-hydrogen) atoms. The molecular weight excluding hydrogens is 340 g/mol. The first-order chi connectivity index (χ1) is 12.6. The molecule has 3 aromatic carbocycles. The summed E-state index contributed by atoms with van der Waals surface area (Å²) in [5, 5.41) is 0.755. The maximum Gasteiger partial charge on any atom is 0.125 e. The van der Waals surface area contributed by atoms with Gasteiger partial charge in [-0.15, -0.1) is 0 Å². The molecule has 0 aliphatic heterocycles. The number of hydrogen-bond donors (Lipinski definition) is 0. The molecule has 1 aliphatic carbocycles. The Hall–Kier alpha value is -2.51. The summed E-state index contributed by atoms with van der Waals surface area (Å²) in [4.78, 5) is 0. The van der Waals surface area contributed by atoms with E-state index in [4.69, 9.17) is 16.3 Å². The van der Waals surface area contributed by atoms with Crippen LogP contribution in [0.4, 0.5) is 0 Å². The summed E-state index contributed by atoms with van der Waals surface area (Å²) < 4.78 is 5.77. The zero-order valence-corrected chi connectivity index (χ0v) is 15.8. The molecule has 0 spiro atoms. The van der Waals surface area contributed by atoms with E-state index in [0.717, 1.165) is 28.3 Å². The smallest absolute Gasteiger partial charge is 0.125 e. The topological polar surface area (TPSA) is 9.23 Å². The minimum Gasteiger partial charge on any atom is -0.496 e. The highest BCUT2D eigenvalue weighted by molar-refractivity contribution is 6.30. The molecular formula is C24H21ClO. The van der Waals surface area contributed by atoms with Crippen molar-refractivity contribution in [2.24, 2.45) is 0 Å². The molecule has 0 saturated carbocycles. The summed E-state index contributed by atoms with van der Waals surface area (Å²) in [6.45, 7) is 6.49. The molecule has 0 heterocycles. The van der Waals surface area contributed by atoms with Gasteiger partial charge in [0.05, 0.1) is 7.11 Å². The van der Waals surface area contributed by atoms with Crippen molar-refractivity contribution in [3.8, 4) is 16.9 Å². The fraction of sp³-hybridized carbons (Fsp3) is 0.167. The van der Waals surface area contributed by atoms with Crippen LogP contribution in [-0.2, 0) is 0 Å². The van der Waals surface area contributed by atoms with Crippen molar-refractivity contribution in [2.45, 2.75) is 19.3 Å². The summed E-state index contributed by atoms with van der Waals surface area (Å²) in [5.41, 5.74) is 8.35. The van der Waals surface area contributed by atoms with Crippen molar-refractivity contribution in [3.05, 3.63) is 94.5 Å². The van der Waals surface area contributed by atoms with E-state index in [2.05, 4.69) is 68.1 Å². The zero-order valence-electron chi connectivity index (χ0n) is 15.1. The number of methoxy groups -OCH3 is 1. The third-order valence-electron chi connectivity index (χ3n) is 5.26. The van der Waals surface area contributed by atoms with Gasteiger partial charge in [0.1, 0.15) is 5.75 Å². The minimum absolute atomic E-state index is 0.151. The van der Waals surface area contributed by atoms with Crippen molar-refractivity contribution in [1.29, 1.82) is 0 Å². The Balaban J connectivity index is 2.01. The monoisotopic (exact) mass is 360 g/mol. The molecule has 4 rings (SSSR count). The number of rotatable bonds is 2. The molecule has 0 radical (unpaired) electrons. The lowest BCUT2D eigenvalue weighted by molar-refractivity contribution is 0.404. The van der Waals surface area contributed by atoms with Gasteiger partial charge in [-0.3, -0.25) is 0 Å². The van der Waals surface area contributed by atoms with Gasteiger partial charge in [-0.25, -0.2) is 0 Å². The van der Waals surface area contributed by atoms with Crippen LogP contribution in [0.2, 0.25) is 5.02 Å². The third-order valence-corrected chi connectivity index (χ3v) is 5.49. The number of allylic oxidation sites excluding steroid dienone is 1. The van der Waals surface area contributed by atoms with Crippen molar-refractivity contribution < 1.29 is 4.74 Å². The summed E-state index contributed by atoms with van der Waals surface area (Å²) >= 11 is 6.40. The largest absolute Gasteiger partial charge is 0.496 e. The molecule has 1 atom stereocenters. The fourth-order valence-corrected chi connectivity index (χ4v) is 4.25. The fourth-order valence-electron chi connectivity index (χ4n) is 4.07. The molecule has 1 nitrogen and oxygen atoms in total. The molecule has 0 bridgehead atoms. The standard InChI is InChI=1S/C24H21ClO/c1-15-7-6-10-21(24(15)26-3)22-13-16(2)18-8-4-5-9-19(18)20-12-11-17(25)14-23(20)22/h4-12,14,22H,2,13H2,1,3H3. The van der Waals surface area contributed by atoms with Gasteiger partial charge in [0.25, 0.3) is 0 Å². The number of hydrogen-bond acceptors (Lipinski definition) is 1. The second kappa shape index (κ2) is 6.66. The first kappa shape index (κ1) is 16.9. The maximum atomic E-state index is 6.40. The molecule has 0 N–H and O–H groups in total. The van der Waals surface area contributed by atoms with Crippen molar-refractivity contribution in [2.75, 3.05) is 7.11 Å². The van der Waals surface area contributed by atoms with Crippen molar-refractivity contribution >= 4 is 17.2 Å². The van der Waals surface area contributed by atoms with E-state index in [9.17, 15) is 0 Å². The number of para-hydroxylation sites is 1. The minimum atomic E-state index is 0.151. The van der Waals surface area contributed by atoms with E-state index in [0.29, 0.717) is 0 Å². The van der Waals surface area contributed by atoms with Crippen molar-refractivity contribution in [3.63, 3.8) is 0 Å². The van der Waals surface area contributed by atoms with E-state index >= 15 is 0 Å². The van der Waals surface area contributed by atoms with Crippen LogP contribution in [0.1, 0.15) is 34.6 Å². The first-order valence-corrected chi connectivity index (χ1v) is 9.18. The Labute approximate surface area is 159 Å². The van der Waals surface area contributed by atoms with Crippen LogP contribution in [0.5, 0.6) is 5.75 Å². The van der Waals surface area contributed by atoms with Crippen LogP contribution >= 0.6 is 11.6 Å². The molecule has 1 unspecified atom stereocenters. The SMILES string of the molecule is C=C1CC(c2cccc(C)c2OC)c2cc(Cl)ccc2-c2ccccc21. The van der Waals surface area contributed by atoms with Gasteiger partial charge in [0.2, 0.25) is 0 Å². The molecule has 0 fully saturated rings. The Morgan fingerprint density at radius 3 is 2.46 bits per heavy atom. The van der Waals surface area contributed by atoms with Crippen LogP contribution in [0.15, 0.2) is 67.2 Å². The Bertz CT molecular complexity index is 1000. The predicted molar refractivity (Wildman–Crippen MR) is 110 cm³/mol. The number of ether oxygens (including phenoxy) is 1. The van der Waals surface area contributed by atoms with E-state index in [-0.39, 0.29) is 5.92 Å². The first-order valence-electron chi connectivity index (χ1n) is 8.80. The molecule has 2 heteroatoms. The second-order valence-corrected chi connectivity index (χ2v) is 7.27. The Kier molecular flexibility index (Phi) is 4.34. The predicted octanol–water partition coefficient (Wildman–Crippen LogP) is 6.87. The van der Waals surface area contributed by atoms with Gasteiger partial charge in [0.15, 0.2) is 0 Å². The summed E-state index contributed by atoms with van der Waals surface area (Å²) in [5.74, 6) is 1.10. The van der Waals surface area contributed by atoms with Gasteiger partial charge in [-0.05, 0) is 58.9 Å². The van der Waals surface area contributed by atoms with Gasteiger partial charge in [-0.2, -0.15) is 0 Å². The highest BCUT2D eigenvalue weighted by Gasteiger charge is 2.28. The van der Waals surface area contributed by atoms with E-state index in [1.807, 2.05) is 6.07 Å². The maximum absolute atomic E-state index is 6.40. The number of aryl methyl sites for hydroxylation is 1. The summed E-state index contributed by atoms with van der Waals surface area (Å²) in [6, 6.07) is 21.0. The van der Waals surface area contributed by atoms with E-state index in [1.54, 1.807) is 7.11 Å². The van der Waals surface area contributed by atoms with Crippen LogP contribution in [0.25, 0.3) is 16.7 Å². The second-order valence-electron chi connectivity index (χ2n) is 6.83. The summed E-state index contributed by atoms with van der Waals surface area (Å²) in [7, 11) is 1.74. The van der Waals surface area contributed by atoms with Gasteiger partial charge < -0.3 is 4.74 Å². The molecule has 1 aliphatic rings. The van der Waals surface area contributed by atoms with Crippen LogP contribution in [0, 0.1) is 6.92 Å². The molecule has 0 amide bonds. The van der Waals surface area contributed by atoms with Crippen LogP contribution in [0.3, 0.4) is 0 Å². The molecule has 0 saturated heterocycles. The normalized spacial score (nSPS) is 15.8. The van der Waals surface area contributed by atoms with Crippen LogP contribution in [-0.4, -0.2) is 7.11 Å². The molecule has 3 aromatic rings. The third kappa shape index (κ3) is 2.73. The van der Waals surface area contributed by atoms with E-state index in [1.165, 1.54) is 27.8 Å². The zero-order chi connectivity index (χ0) is 18.3.